The van der Waals surface area contributed by atoms with Gasteiger partial charge in [-0.3, -0.25) is 14.0 Å². The van der Waals surface area contributed by atoms with Crippen LogP contribution in [0.2, 0.25) is 0 Å². The molecule has 0 N–H and O–H groups in total. The summed E-state index contributed by atoms with van der Waals surface area (Å²) < 4.78 is 16.1. The second kappa shape index (κ2) is 7.07. The van der Waals surface area contributed by atoms with Crippen LogP contribution in [0.5, 0.6) is 0 Å². The van der Waals surface area contributed by atoms with Gasteiger partial charge in [-0.2, -0.15) is 4.39 Å². The topological polar surface area (TPSA) is 57.9 Å². The number of hydrogen-bond acceptors (Lipinski definition) is 3. The molecule has 3 aromatic rings. The van der Waals surface area contributed by atoms with Gasteiger partial charge in [0, 0.05) is 25.3 Å². The van der Waals surface area contributed by atoms with Crippen LogP contribution in [0.25, 0.3) is 5.65 Å². The lowest BCUT2D eigenvalue weighted by atomic mass is 10.1. The molecule has 0 bridgehead atoms. The molecule has 7 heteroatoms. The van der Waals surface area contributed by atoms with Gasteiger partial charge in [-0.25, -0.2) is 4.98 Å². The molecule has 0 unspecified atom stereocenters. The molecule has 0 aliphatic carbocycles. The second-order valence-corrected chi connectivity index (χ2v) is 7.14. The van der Waals surface area contributed by atoms with Crippen molar-refractivity contribution >= 4 is 17.5 Å². The van der Waals surface area contributed by atoms with Crippen molar-refractivity contribution in [3.8, 4) is 0 Å². The van der Waals surface area contributed by atoms with Crippen LogP contribution >= 0.6 is 0 Å². The fraction of sp³-hybridized carbons (Fsp3) is 0.286. The van der Waals surface area contributed by atoms with Crippen molar-refractivity contribution < 1.29 is 14.0 Å². The molecule has 1 aliphatic heterocycles. The second-order valence-electron chi connectivity index (χ2n) is 7.14. The van der Waals surface area contributed by atoms with Crippen LogP contribution in [0.1, 0.15) is 27.3 Å². The maximum absolute atomic E-state index is 14.7. The normalized spacial score (nSPS) is 14.8. The predicted octanol–water partition coefficient (Wildman–Crippen LogP) is 2.57. The van der Waals surface area contributed by atoms with E-state index in [0.29, 0.717) is 31.0 Å². The Morgan fingerprint density at radius 1 is 1.11 bits per heavy atom. The Balaban J connectivity index is 1.49. The van der Waals surface area contributed by atoms with Crippen LogP contribution < -0.4 is 0 Å². The lowest BCUT2D eigenvalue weighted by Crippen LogP contribution is -2.52. The summed E-state index contributed by atoms with van der Waals surface area (Å²) in [6.07, 6.45) is 0. The van der Waals surface area contributed by atoms with Crippen molar-refractivity contribution in [1.29, 1.82) is 0 Å². The van der Waals surface area contributed by atoms with Crippen LogP contribution in [-0.4, -0.2) is 50.6 Å². The van der Waals surface area contributed by atoms with Gasteiger partial charge in [0.1, 0.15) is 12.2 Å². The first kappa shape index (κ1) is 18.2. The SMILES string of the molecule is Cc1ccc(CN2CCN(C(=O)c3nc4cccc(C)n4c3F)CC2=O)cc1. The molecule has 1 aliphatic rings. The number of fused-ring (bicyclic) bond motifs is 1. The van der Waals surface area contributed by atoms with Gasteiger partial charge in [-0.1, -0.05) is 35.9 Å². The minimum absolute atomic E-state index is 0.0724. The molecule has 0 atom stereocenters. The number of rotatable bonds is 3. The van der Waals surface area contributed by atoms with Gasteiger partial charge < -0.3 is 9.80 Å². The van der Waals surface area contributed by atoms with Crippen molar-refractivity contribution in [2.45, 2.75) is 20.4 Å². The third kappa shape index (κ3) is 3.24. The van der Waals surface area contributed by atoms with Crippen LogP contribution in [0.15, 0.2) is 42.5 Å². The lowest BCUT2D eigenvalue weighted by Gasteiger charge is -2.34. The number of halogens is 1. The van der Waals surface area contributed by atoms with Gasteiger partial charge in [0.25, 0.3) is 5.91 Å². The minimum atomic E-state index is -0.687. The summed E-state index contributed by atoms with van der Waals surface area (Å²) in [6, 6.07) is 13.2. The van der Waals surface area contributed by atoms with E-state index >= 15 is 0 Å². The van der Waals surface area contributed by atoms with E-state index < -0.39 is 11.9 Å². The highest BCUT2D eigenvalue weighted by Crippen LogP contribution is 2.17. The zero-order chi connectivity index (χ0) is 19.8. The van der Waals surface area contributed by atoms with E-state index in [1.165, 1.54) is 9.30 Å². The van der Waals surface area contributed by atoms with Crippen LogP contribution in [0.3, 0.4) is 0 Å². The van der Waals surface area contributed by atoms with E-state index in [9.17, 15) is 14.0 Å². The van der Waals surface area contributed by atoms with E-state index in [-0.39, 0.29) is 18.1 Å². The lowest BCUT2D eigenvalue weighted by molar-refractivity contribution is -0.135. The Hall–Kier alpha value is -3.22. The summed E-state index contributed by atoms with van der Waals surface area (Å²) in [6.45, 7) is 4.95. The molecule has 0 saturated carbocycles. The minimum Gasteiger partial charge on any atom is -0.335 e. The smallest absolute Gasteiger partial charge is 0.277 e. The Morgan fingerprint density at radius 2 is 1.86 bits per heavy atom. The quantitative estimate of drug-likeness (QED) is 0.702. The zero-order valence-corrected chi connectivity index (χ0v) is 15.9. The zero-order valence-electron chi connectivity index (χ0n) is 15.9. The van der Waals surface area contributed by atoms with Gasteiger partial charge in [-0.05, 0) is 31.5 Å². The fourth-order valence-electron chi connectivity index (χ4n) is 3.46. The largest absolute Gasteiger partial charge is 0.335 e. The Labute approximate surface area is 162 Å². The third-order valence-corrected chi connectivity index (χ3v) is 5.09. The third-order valence-electron chi connectivity index (χ3n) is 5.09. The molecule has 1 aromatic carbocycles. The highest BCUT2D eigenvalue weighted by molar-refractivity contribution is 5.96. The van der Waals surface area contributed by atoms with E-state index in [2.05, 4.69) is 4.98 Å². The molecule has 2 aromatic heterocycles. The molecule has 3 heterocycles. The number of carbonyl (C=O) groups excluding carboxylic acids is 2. The number of carbonyl (C=O) groups is 2. The van der Waals surface area contributed by atoms with Crippen molar-refractivity contribution in [2.24, 2.45) is 0 Å². The standard InChI is InChI=1S/C21H21FN4O2/c1-14-6-8-16(9-7-14)12-24-10-11-25(13-18(24)27)21(28)19-20(22)26-15(2)4-3-5-17(26)23-19/h3-9H,10-13H2,1-2H3. The predicted molar refractivity (Wildman–Crippen MR) is 102 cm³/mol. The molecular formula is C21H21FN4O2. The monoisotopic (exact) mass is 380 g/mol. The molecule has 1 fully saturated rings. The average molecular weight is 380 g/mol. The Morgan fingerprint density at radius 3 is 2.54 bits per heavy atom. The summed E-state index contributed by atoms with van der Waals surface area (Å²) in [5, 5.41) is 0. The summed E-state index contributed by atoms with van der Waals surface area (Å²) in [7, 11) is 0. The van der Waals surface area contributed by atoms with Crippen molar-refractivity contribution in [3.63, 3.8) is 0 Å². The van der Waals surface area contributed by atoms with Gasteiger partial charge in [0.05, 0.1) is 0 Å². The summed E-state index contributed by atoms with van der Waals surface area (Å²) in [5.41, 5.74) is 3.00. The van der Waals surface area contributed by atoms with Gasteiger partial charge in [0.2, 0.25) is 11.9 Å². The van der Waals surface area contributed by atoms with E-state index in [0.717, 1.165) is 11.1 Å². The number of piperazine rings is 1. The summed E-state index contributed by atoms with van der Waals surface area (Å²) >= 11 is 0. The van der Waals surface area contributed by atoms with E-state index in [1.54, 1.807) is 30.0 Å². The van der Waals surface area contributed by atoms with Crippen molar-refractivity contribution in [3.05, 3.63) is 70.9 Å². The highest BCUT2D eigenvalue weighted by atomic mass is 19.1. The van der Waals surface area contributed by atoms with Crippen LogP contribution in [0.4, 0.5) is 4.39 Å². The first-order chi connectivity index (χ1) is 13.4. The van der Waals surface area contributed by atoms with E-state index in [4.69, 9.17) is 0 Å². The van der Waals surface area contributed by atoms with E-state index in [1.807, 2.05) is 31.2 Å². The summed E-state index contributed by atoms with van der Waals surface area (Å²) in [4.78, 5) is 32.6. The molecule has 0 radical (unpaired) electrons. The number of nitrogens with zero attached hydrogens (tertiary/aromatic N) is 4. The molecule has 144 valence electrons. The first-order valence-electron chi connectivity index (χ1n) is 9.20. The van der Waals surface area contributed by atoms with Crippen LogP contribution in [0, 0.1) is 19.8 Å². The number of amides is 2. The number of imidazole rings is 1. The number of pyridine rings is 1. The van der Waals surface area contributed by atoms with Gasteiger partial charge >= 0.3 is 0 Å². The molecule has 6 nitrogen and oxygen atoms in total. The molecule has 2 amide bonds. The maximum atomic E-state index is 14.7. The molecule has 28 heavy (non-hydrogen) atoms. The Bertz CT molecular complexity index is 1060. The fourth-order valence-corrected chi connectivity index (χ4v) is 3.46. The molecule has 0 spiro atoms. The Kier molecular flexibility index (Phi) is 4.58. The van der Waals surface area contributed by atoms with Gasteiger partial charge in [-0.15, -0.1) is 0 Å². The number of aryl methyl sites for hydroxylation is 2. The molecule has 1 saturated heterocycles. The van der Waals surface area contributed by atoms with Crippen molar-refractivity contribution in [2.75, 3.05) is 19.6 Å². The number of hydrogen-bond donors (Lipinski definition) is 0. The van der Waals surface area contributed by atoms with Crippen molar-refractivity contribution in [1.82, 2.24) is 19.2 Å². The van der Waals surface area contributed by atoms with Crippen LogP contribution in [-0.2, 0) is 11.3 Å². The number of benzene rings is 1. The average Bonchev–Trinajstić information content (AvgIpc) is 3.02. The first-order valence-corrected chi connectivity index (χ1v) is 9.20. The molecular weight excluding hydrogens is 359 g/mol. The van der Waals surface area contributed by atoms with Gasteiger partial charge in [0.15, 0.2) is 5.69 Å². The highest BCUT2D eigenvalue weighted by Gasteiger charge is 2.31. The molecule has 4 rings (SSSR count). The number of aromatic nitrogens is 2. The summed E-state index contributed by atoms with van der Waals surface area (Å²) in [5.74, 6) is -1.39. The maximum Gasteiger partial charge on any atom is 0.277 e.